The van der Waals surface area contributed by atoms with Crippen LogP contribution < -0.4 is 0 Å². The van der Waals surface area contributed by atoms with Gasteiger partial charge in [0.2, 0.25) is 0 Å². The summed E-state index contributed by atoms with van der Waals surface area (Å²) in [6.07, 6.45) is 2.75. The third-order valence-electron chi connectivity index (χ3n) is 1.36. The number of hydrogen-bond donors (Lipinski definition) is 0. The van der Waals surface area contributed by atoms with Crippen molar-refractivity contribution < 1.29 is 8.42 Å². The lowest BCUT2D eigenvalue weighted by molar-refractivity contribution is 0.600. The van der Waals surface area contributed by atoms with E-state index in [1.54, 1.807) is 25.3 Å². The molecule has 0 aromatic carbocycles. The molecule has 0 aliphatic heterocycles. The summed E-state index contributed by atoms with van der Waals surface area (Å²) in [6, 6.07) is 3.17. The Morgan fingerprint density at radius 2 is 2.09 bits per heavy atom. The van der Waals surface area contributed by atoms with E-state index in [1.807, 2.05) is 0 Å². The molecule has 0 saturated carbocycles. The van der Waals surface area contributed by atoms with Gasteiger partial charge in [-0.3, -0.25) is 4.98 Å². The molecular weight excluding hydrogens is 162 g/mol. The molecule has 0 spiro atoms. The molecule has 0 aliphatic carbocycles. The first-order chi connectivity index (χ1) is 5.02. The lowest BCUT2D eigenvalue weighted by Gasteiger charge is -1.99. The quantitative estimate of drug-likeness (QED) is 0.627. The maximum Gasteiger partial charge on any atom is 0.177 e. The fraction of sp³-hybridized carbons (Fsp3) is 0.286. The molecule has 0 bridgehead atoms. The summed E-state index contributed by atoms with van der Waals surface area (Å²) in [5.74, 6) is 0. The van der Waals surface area contributed by atoms with E-state index in [9.17, 15) is 8.42 Å². The Hall–Kier alpha value is -0.900. The van der Waals surface area contributed by atoms with E-state index in [0.29, 0.717) is 10.6 Å². The highest BCUT2D eigenvalue weighted by Crippen LogP contribution is 2.10. The van der Waals surface area contributed by atoms with Crippen LogP contribution in [-0.4, -0.2) is 19.7 Å². The smallest absolute Gasteiger partial charge is 0.177 e. The Kier molecular flexibility index (Phi) is 1.95. The molecule has 4 heteroatoms. The van der Waals surface area contributed by atoms with Gasteiger partial charge in [-0.2, -0.15) is 0 Å². The highest BCUT2D eigenvalue weighted by molar-refractivity contribution is 7.90. The Morgan fingerprint density at radius 3 is 2.45 bits per heavy atom. The second-order valence-corrected chi connectivity index (χ2v) is 4.34. The van der Waals surface area contributed by atoms with Gasteiger partial charge in [-0.25, -0.2) is 8.42 Å². The molecule has 1 aromatic rings. The van der Waals surface area contributed by atoms with Crippen LogP contribution in [0, 0.1) is 6.92 Å². The lowest BCUT2D eigenvalue weighted by atomic mass is 10.4. The molecule has 0 fully saturated rings. The summed E-state index contributed by atoms with van der Waals surface area (Å²) in [5.41, 5.74) is 0.551. The fourth-order valence-corrected chi connectivity index (χ4v) is 1.78. The zero-order chi connectivity index (χ0) is 8.48. The molecule has 3 nitrogen and oxygen atoms in total. The summed E-state index contributed by atoms with van der Waals surface area (Å²) in [7, 11) is -3.10. The van der Waals surface area contributed by atoms with Crippen molar-refractivity contribution in [3.8, 4) is 0 Å². The van der Waals surface area contributed by atoms with Gasteiger partial charge >= 0.3 is 0 Å². The summed E-state index contributed by atoms with van der Waals surface area (Å²) < 4.78 is 22.0. The van der Waals surface area contributed by atoms with Gasteiger partial charge in [-0.1, -0.05) is 0 Å². The second kappa shape index (κ2) is 2.62. The molecule has 0 atom stereocenters. The van der Waals surface area contributed by atoms with Crippen molar-refractivity contribution in [2.24, 2.45) is 0 Å². The maximum absolute atomic E-state index is 11.0. The number of aryl methyl sites for hydroxylation is 1. The third-order valence-corrected chi connectivity index (χ3v) is 2.59. The zero-order valence-corrected chi connectivity index (χ0v) is 7.22. The van der Waals surface area contributed by atoms with Crippen molar-refractivity contribution in [1.82, 2.24) is 4.98 Å². The van der Waals surface area contributed by atoms with Gasteiger partial charge in [0.05, 0.1) is 10.6 Å². The molecule has 1 aromatic heterocycles. The minimum absolute atomic E-state index is 0.306. The standard InChI is InChI=1S/C7H9NO2S/c1-6-7(11(2,9)10)4-3-5-8-6/h3-5H,1-2H3. The van der Waals surface area contributed by atoms with Gasteiger partial charge in [0.15, 0.2) is 9.84 Å². The van der Waals surface area contributed by atoms with Crippen LogP contribution in [0.3, 0.4) is 0 Å². The minimum atomic E-state index is -3.10. The van der Waals surface area contributed by atoms with E-state index in [1.165, 1.54) is 6.26 Å². The maximum atomic E-state index is 11.0. The zero-order valence-electron chi connectivity index (χ0n) is 6.40. The first kappa shape index (κ1) is 8.20. The van der Waals surface area contributed by atoms with E-state index in [2.05, 4.69) is 4.98 Å². The number of nitrogens with zero attached hydrogens (tertiary/aromatic N) is 1. The topological polar surface area (TPSA) is 47.0 Å². The minimum Gasteiger partial charge on any atom is -0.260 e. The van der Waals surface area contributed by atoms with E-state index in [4.69, 9.17) is 0 Å². The normalized spacial score (nSPS) is 11.5. The SMILES string of the molecule is Cc1ncccc1S(C)(=O)=O. The van der Waals surface area contributed by atoms with Crippen molar-refractivity contribution in [1.29, 1.82) is 0 Å². The Bertz CT molecular complexity index is 356. The third kappa shape index (κ3) is 1.77. The summed E-state index contributed by atoms with van der Waals surface area (Å²) in [6.45, 7) is 1.68. The van der Waals surface area contributed by atoms with Crippen LogP contribution >= 0.6 is 0 Å². The van der Waals surface area contributed by atoms with Crippen molar-refractivity contribution in [2.75, 3.05) is 6.26 Å². The average molecular weight is 171 g/mol. The largest absolute Gasteiger partial charge is 0.260 e. The van der Waals surface area contributed by atoms with Crippen molar-refractivity contribution in [3.05, 3.63) is 24.0 Å². The summed E-state index contributed by atoms with van der Waals surface area (Å²) in [5, 5.41) is 0. The van der Waals surface area contributed by atoms with Gasteiger partial charge in [-0.05, 0) is 19.1 Å². The Balaban J connectivity index is 3.37. The van der Waals surface area contributed by atoms with E-state index in [-0.39, 0.29) is 0 Å². The Labute approximate surface area is 66.0 Å². The van der Waals surface area contributed by atoms with Crippen LogP contribution in [-0.2, 0) is 9.84 Å². The van der Waals surface area contributed by atoms with Crippen LogP contribution in [0.4, 0.5) is 0 Å². The molecule has 1 rings (SSSR count). The molecule has 0 N–H and O–H groups in total. The van der Waals surface area contributed by atoms with Gasteiger partial charge in [0.25, 0.3) is 0 Å². The van der Waals surface area contributed by atoms with Crippen molar-refractivity contribution in [3.63, 3.8) is 0 Å². The van der Waals surface area contributed by atoms with Crippen LogP contribution in [0.2, 0.25) is 0 Å². The van der Waals surface area contributed by atoms with Crippen LogP contribution in [0.25, 0.3) is 0 Å². The molecule has 0 saturated heterocycles. The number of hydrogen-bond acceptors (Lipinski definition) is 3. The monoisotopic (exact) mass is 171 g/mol. The molecule has 60 valence electrons. The number of aromatic nitrogens is 1. The molecule has 11 heavy (non-hydrogen) atoms. The number of pyridine rings is 1. The van der Waals surface area contributed by atoms with Gasteiger partial charge in [-0.15, -0.1) is 0 Å². The van der Waals surface area contributed by atoms with Crippen molar-refractivity contribution in [2.45, 2.75) is 11.8 Å². The van der Waals surface area contributed by atoms with Crippen LogP contribution in [0.1, 0.15) is 5.69 Å². The molecular formula is C7H9NO2S. The first-order valence-corrected chi connectivity index (χ1v) is 5.02. The predicted molar refractivity (Wildman–Crippen MR) is 42.1 cm³/mol. The van der Waals surface area contributed by atoms with Crippen LogP contribution in [0.15, 0.2) is 23.2 Å². The first-order valence-electron chi connectivity index (χ1n) is 3.13. The fourth-order valence-electron chi connectivity index (χ4n) is 0.861. The molecule has 0 amide bonds. The van der Waals surface area contributed by atoms with Gasteiger partial charge in [0.1, 0.15) is 0 Å². The molecule has 0 radical (unpaired) electrons. The van der Waals surface area contributed by atoms with Crippen LogP contribution in [0.5, 0.6) is 0 Å². The van der Waals surface area contributed by atoms with Gasteiger partial charge < -0.3 is 0 Å². The van der Waals surface area contributed by atoms with E-state index < -0.39 is 9.84 Å². The van der Waals surface area contributed by atoms with E-state index in [0.717, 1.165) is 0 Å². The highest BCUT2D eigenvalue weighted by atomic mass is 32.2. The molecule has 1 heterocycles. The molecule has 0 unspecified atom stereocenters. The lowest BCUT2D eigenvalue weighted by Crippen LogP contribution is -2.00. The summed E-state index contributed by atoms with van der Waals surface area (Å²) >= 11 is 0. The summed E-state index contributed by atoms with van der Waals surface area (Å²) in [4.78, 5) is 4.17. The number of sulfone groups is 1. The highest BCUT2D eigenvalue weighted by Gasteiger charge is 2.09. The van der Waals surface area contributed by atoms with E-state index >= 15 is 0 Å². The van der Waals surface area contributed by atoms with Crippen molar-refractivity contribution >= 4 is 9.84 Å². The molecule has 0 aliphatic rings. The average Bonchev–Trinajstić information content (AvgIpc) is 1.86. The second-order valence-electron chi connectivity index (χ2n) is 2.36. The predicted octanol–water partition coefficient (Wildman–Crippen LogP) is 0.794. The van der Waals surface area contributed by atoms with Gasteiger partial charge in [0, 0.05) is 12.5 Å². The Morgan fingerprint density at radius 1 is 1.45 bits per heavy atom. The number of rotatable bonds is 1.